The van der Waals surface area contributed by atoms with Crippen molar-refractivity contribution in [2.75, 3.05) is 0 Å². The third kappa shape index (κ3) is 2.36. The van der Waals surface area contributed by atoms with Crippen molar-refractivity contribution in [1.82, 2.24) is 10.2 Å². The lowest BCUT2D eigenvalue weighted by atomic mass is 9.95. The SMILES string of the molecule is CC(C)NC1CC2CCC(C1)N2C(C)C. The van der Waals surface area contributed by atoms with Gasteiger partial charge < -0.3 is 5.32 Å². The minimum atomic E-state index is 0.639. The zero-order valence-electron chi connectivity index (χ0n) is 10.7. The summed E-state index contributed by atoms with van der Waals surface area (Å²) in [4.78, 5) is 2.76. The average Bonchev–Trinajstić information content (AvgIpc) is 2.38. The molecular formula is C13H26N2. The maximum atomic E-state index is 3.72. The van der Waals surface area contributed by atoms with Crippen LogP contribution in [-0.4, -0.2) is 35.1 Å². The van der Waals surface area contributed by atoms with Crippen molar-refractivity contribution in [2.45, 2.75) is 83.6 Å². The quantitative estimate of drug-likeness (QED) is 0.769. The molecule has 0 amide bonds. The van der Waals surface area contributed by atoms with Crippen molar-refractivity contribution < 1.29 is 0 Å². The Balaban J connectivity index is 1.96. The van der Waals surface area contributed by atoms with Crippen molar-refractivity contribution in [1.29, 1.82) is 0 Å². The Hall–Kier alpha value is -0.0800. The van der Waals surface area contributed by atoms with Gasteiger partial charge in [-0.25, -0.2) is 0 Å². The van der Waals surface area contributed by atoms with Gasteiger partial charge in [0.05, 0.1) is 0 Å². The van der Waals surface area contributed by atoms with Gasteiger partial charge in [-0.3, -0.25) is 4.90 Å². The predicted octanol–water partition coefficient (Wildman–Crippen LogP) is 2.39. The van der Waals surface area contributed by atoms with E-state index in [-0.39, 0.29) is 0 Å². The number of nitrogens with one attached hydrogen (secondary N) is 1. The fourth-order valence-electron chi connectivity index (χ4n) is 3.66. The lowest BCUT2D eigenvalue weighted by Gasteiger charge is -2.42. The molecule has 2 bridgehead atoms. The first-order valence-electron chi connectivity index (χ1n) is 6.61. The van der Waals surface area contributed by atoms with Gasteiger partial charge in [0.1, 0.15) is 0 Å². The van der Waals surface area contributed by atoms with E-state index in [1.807, 2.05) is 0 Å². The number of rotatable bonds is 3. The van der Waals surface area contributed by atoms with Gasteiger partial charge in [-0.1, -0.05) is 13.8 Å². The second kappa shape index (κ2) is 4.42. The Morgan fingerprint density at radius 3 is 1.93 bits per heavy atom. The van der Waals surface area contributed by atoms with Crippen molar-refractivity contribution >= 4 is 0 Å². The summed E-state index contributed by atoms with van der Waals surface area (Å²) in [5.41, 5.74) is 0. The largest absolute Gasteiger partial charge is 0.312 e. The molecule has 0 saturated carbocycles. The van der Waals surface area contributed by atoms with E-state index in [1.165, 1.54) is 25.7 Å². The fourth-order valence-corrected chi connectivity index (χ4v) is 3.66. The molecule has 88 valence electrons. The van der Waals surface area contributed by atoms with Gasteiger partial charge in [0.2, 0.25) is 0 Å². The first kappa shape index (κ1) is 11.4. The van der Waals surface area contributed by atoms with Crippen LogP contribution < -0.4 is 5.32 Å². The maximum Gasteiger partial charge on any atom is 0.0116 e. The van der Waals surface area contributed by atoms with Crippen LogP contribution in [0.3, 0.4) is 0 Å². The topological polar surface area (TPSA) is 15.3 Å². The first-order chi connectivity index (χ1) is 7.08. The zero-order chi connectivity index (χ0) is 11.0. The van der Waals surface area contributed by atoms with Gasteiger partial charge in [-0.15, -0.1) is 0 Å². The minimum Gasteiger partial charge on any atom is -0.312 e. The van der Waals surface area contributed by atoms with Crippen molar-refractivity contribution in [3.05, 3.63) is 0 Å². The summed E-state index contributed by atoms with van der Waals surface area (Å²) in [5.74, 6) is 0. The molecule has 0 aromatic carbocycles. The molecule has 0 radical (unpaired) electrons. The van der Waals surface area contributed by atoms with Crippen LogP contribution >= 0.6 is 0 Å². The molecule has 0 aromatic heterocycles. The third-order valence-corrected chi connectivity index (χ3v) is 3.95. The molecule has 2 nitrogen and oxygen atoms in total. The summed E-state index contributed by atoms with van der Waals surface area (Å²) in [6.07, 6.45) is 5.60. The van der Waals surface area contributed by atoms with Crippen LogP contribution in [0.1, 0.15) is 53.4 Å². The average molecular weight is 210 g/mol. The first-order valence-corrected chi connectivity index (χ1v) is 6.61. The van der Waals surface area contributed by atoms with Gasteiger partial charge in [0.15, 0.2) is 0 Å². The Labute approximate surface area is 94.4 Å². The minimum absolute atomic E-state index is 0.639. The molecule has 1 N–H and O–H groups in total. The lowest BCUT2D eigenvalue weighted by molar-refractivity contribution is 0.0830. The molecule has 2 unspecified atom stereocenters. The molecule has 2 fully saturated rings. The van der Waals surface area contributed by atoms with Gasteiger partial charge in [0, 0.05) is 30.2 Å². The van der Waals surface area contributed by atoms with Crippen molar-refractivity contribution in [3.8, 4) is 0 Å². The highest BCUT2D eigenvalue weighted by molar-refractivity contribution is 4.98. The van der Waals surface area contributed by atoms with Gasteiger partial charge in [0.25, 0.3) is 0 Å². The van der Waals surface area contributed by atoms with Crippen LogP contribution in [0.15, 0.2) is 0 Å². The Kier molecular flexibility index (Phi) is 3.36. The summed E-state index contributed by atoms with van der Waals surface area (Å²) in [6.45, 7) is 9.22. The number of piperidine rings is 1. The molecule has 2 heteroatoms. The van der Waals surface area contributed by atoms with Crippen LogP contribution in [0.25, 0.3) is 0 Å². The Bertz CT molecular complexity index is 199. The molecule has 15 heavy (non-hydrogen) atoms. The normalized spacial score (nSPS) is 36.8. The third-order valence-electron chi connectivity index (χ3n) is 3.95. The van der Waals surface area contributed by atoms with Gasteiger partial charge >= 0.3 is 0 Å². The summed E-state index contributed by atoms with van der Waals surface area (Å²) < 4.78 is 0. The van der Waals surface area contributed by atoms with E-state index >= 15 is 0 Å². The molecular weight excluding hydrogens is 184 g/mol. The molecule has 2 atom stereocenters. The molecule has 2 saturated heterocycles. The van der Waals surface area contributed by atoms with Gasteiger partial charge in [-0.05, 0) is 39.5 Å². The fraction of sp³-hybridized carbons (Fsp3) is 1.00. The van der Waals surface area contributed by atoms with E-state index in [4.69, 9.17) is 0 Å². The summed E-state index contributed by atoms with van der Waals surface area (Å²) in [7, 11) is 0. The molecule has 0 spiro atoms. The van der Waals surface area contributed by atoms with Gasteiger partial charge in [-0.2, -0.15) is 0 Å². The summed E-state index contributed by atoms with van der Waals surface area (Å²) in [6, 6.07) is 3.87. The molecule has 0 aromatic rings. The number of fused-ring (bicyclic) bond motifs is 2. The van der Waals surface area contributed by atoms with E-state index in [0.717, 1.165) is 24.2 Å². The van der Waals surface area contributed by atoms with Crippen molar-refractivity contribution in [2.24, 2.45) is 0 Å². The predicted molar refractivity (Wildman–Crippen MR) is 65.1 cm³/mol. The summed E-state index contributed by atoms with van der Waals surface area (Å²) in [5, 5.41) is 3.72. The van der Waals surface area contributed by atoms with E-state index in [1.54, 1.807) is 0 Å². The second-order valence-corrected chi connectivity index (χ2v) is 5.92. The molecule has 0 aliphatic carbocycles. The van der Waals surface area contributed by atoms with Crippen molar-refractivity contribution in [3.63, 3.8) is 0 Å². The van der Waals surface area contributed by atoms with Crippen LogP contribution in [0, 0.1) is 0 Å². The van der Waals surface area contributed by atoms with E-state index in [2.05, 4.69) is 37.9 Å². The number of nitrogens with zero attached hydrogens (tertiary/aromatic N) is 1. The smallest absolute Gasteiger partial charge is 0.0116 e. The van der Waals surface area contributed by atoms with E-state index < -0.39 is 0 Å². The highest BCUT2D eigenvalue weighted by atomic mass is 15.2. The Morgan fingerprint density at radius 2 is 1.53 bits per heavy atom. The molecule has 2 aliphatic heterocycles. The van der Waals surface area contributed by atoms with E-state index in [0.29, 0.717) is 6.04 Å². The second-order valence-electron chi connectivity index (χ2n) is 5.92. The number of hydrogen-bond donors (Lipinski definition) is 1. The maximum absolute atomic E-state index is 3.72. The highest BCUT2D eigenvalue weighted by Gasteiger charge is 2.41. The van der Waals surface area contributed by atoms with Crippen LogP contribution in [0.2, 0.25) is 0 Å². The summed E-state index contributed by atoms with van der Waals surface area (Å²) >= 11 is 0. The van der Waals surface area contributed by atoms with Crippen LogP contribution in [0.4, 0.5) is 0 Å². The molecule has 2 aliphatic rings. The molecule has 2 heterocycles. The highest BCUT2D eigenvalue weighted by Crippen LogP contribution is 2.37. The monoisotopic (exact) mass is 210 g/mol. The van der Waals surface area contributed by atoms with Crippen LogP contribution in [0.5, 0.6) is 0 Å². The number of hydrogen-bond acceptors (Lipinski definition) is 2. The zero-order valence-corrected chi connectivity index (χ0v) is 10.7. The lowest BCUT2D eigenvalue weighted by Crippen LogP contribution is -2.52. The van der Waals surface area contributed by atoms with Crippen LogP contribution in [-0.2, 0) is 0 Å². The molecule has 2 rings (SSSR count). The van der Waals surface area contributed by atoms with E-state index in [9.17, 15) is 0 Å². The Morgan fingerprint density at radius 1 is 1.00 bits per heavy atom. The standard InChI is InChI=1S/C13H26N2/c1-9(2)14-11-7-12-5-6-13(8-11)15(12)10(3)4/h9-14H,5-8H2,1-4H3.